The van der Waals surface area contributed by atoms with E-state index in [1.807, 2.05) is 24.3 Å². The van der Waals surface area contributed by atoms with Crippen molar-refractivity contribution < 1.29 is 28.8 Å². The van der Waals surface area contributed by atoms with E-state index >= 15 is 0 Å². The second-order valence-electron chi connectivity index (χ2n) is 12.2. The van der Waals surface area contributed by atoms with Crippen molar-refractivity contribution in [2.45, 2.75) is 12.8 Å². The van der Waals surface area contributed by atoms with Crippen LogP contribution in [0.5, 0.6) is 0 Å². The Hall–Kier alpha value is -4.66. The fourth-order valence-electron chi connectivity index (χ4n) is 8.70. The lowest BCUT2D eigenvalue weighted by Crippen LogP contribution is -2.36. The van der Waals surface area contributed by atoms with Crippen molar-refractivity contribution in [1.29, 1.82) is 0 Å². The van der Waals surface area contributed by atoms with Gasteiger partial charge in [-0.15, -0.1) is 0 Å². The van der Waals surface area contributed by atoms with Crippen LogP contribution in [0.1, 0.15) is 33.6 Å². The Morgan fingerprint density at radius 3 is 1.12 bits per heavy atom. The van der Waals surface area contributed by atoms with Crippen molar-refractivity contribution in [3.05, 3.63) is 77.9 Å². The van der Waals surface area contributed by atoms with Crippen LogP contribution >= 0.6 is 0 Å². The number of allylic oxidation sites excluding steroid dienone is 4. The molecule has 8 atom stereocenters. The maximum Gasteiger partial charge on any atom is 0.266 e. The van der Waals surface area contributed by atoms with E-state index in [4.69, 9.17) is 0 Å². The van der Waals surface area contributed by atoms with Crippen LogP contribution in [0.2, 0.25) is 0 Å². The van der Waals surface area contributed by atoms with Crippen LogP contribution in [-0.4, -0.2) is 35.4 Å². The highest BCUT2D eigenvalue weighted by atomic mass is 16.2. The Kier molecular flexibility index (Phi) is 4.25. The van der Waals surface area contributed by atoms with Gasteiger partial charge in [0.15, 0.2) is 0 Å². The number of hydrogen-bond acceptors (Lipinski definition) is 6. The molecule has 0 spiro atoms. The topological polar surface area (TPSA) is 112 Å². The Morgan fingerprint density at radius 2 is 0.780 bits per heavy atom. The Balaban J connectivity index is 1.18. The largest absolute Gasteiger partial charge is 0.274 e. The highest BCUT2D eigenvalue weighted by Crippen LogP contribution is 2.55. The number of hydrogen-bond donors (Lipinski definition) is 0. The summed E-state index contributed by atoms with van der Waals surface area (Å²) in [4.78, 5) is 85.0. The summed E-state index contributed by atoms with van der Waals surface area (Å²) in [6, 6.07) is 10.9. The summed E-state index contributed by atoms with van der Waals surface area (Å²) in [7, 11) is 0. The predicted octanol–water partition coefficient (Wildman–Crippen LogP) is 3.11. The first-order valence-corrected chi connectivity index (χ1v) is 14.1. The zero-order valence-corrected chi connectivity index (χ0v) is 21.7. The molecule has 0 radical (unpaired) electrons. The van der Waals surface area contributed by atoms with Crippen molar-refractivity contribution in [3.8, 4) is 0 Å². The normalized spacial score (nSPS) is 35.6. The van der Waals surface area contributed by atoms with Crippen LogP contribution in [0.4, 0.5) is 17.1 Å². The van der Waals surface area contributed by atoms with Crippen molar-refractivity contribution in [1.82, 2.24) is 0 Å². The molecule has 2 aromatic carbocycles. The molecular formula is C32H23N3O6. The molecule has 7 aliphatic rings. The number of carbonyl (C=O) groups excluding carboxylic acids is 6. The van der Waals surface area contributed by atoms with E-state index < -0.39 is 35.5 Å². The standard InChI is InChI=1S/C32H23N3O6/c36-27-21-3-1-2-4-22(21)28(37)33(27)18-11-19(34-29(38)23-14-5-6-15(9-14)24(23)30(34)39)13-20(12-18)35-31(40)25-16-7-8-17(10-16)26(25)32(35)41/h1-8,11-17,23-26H,9-10H2. The van der Waals surface area contributed by atoms with Crippen LogP contribution in [0.3, 0.4) is 0 Å². The molecule has 8 unspecified atom stereocenters. The monoisotopic (exact) mass is 545 g/mol. The molecule has 2 aromatic rings. The Bertz CT molecular complexity index is 1580. The maximum absolute atomic E-state index is 13.7. The molecule has 4 bridgehead atoms. The lowest BCUT2D eigenvalue weighted by atomic mass is 9.85. The van der Waals surface area contributed by atoms with Crippen LogP contribution in [0.25, 0.3) is 0 Å². The van der Waals surface area contributed by atoms with Gasteiger partial charge in [0.25, 0.3) is 11.8 Å². The number of carbonyl (C=O) groups is 6. The average molecular weight is 546 g/mol. The van der Waals surface area contributed by atoms with Crippen LogP contribution in [0.15, 0.2) is 66.8 Å². The van der Waals surface area contributed by atoms with Crippen molar-refractivity contribution in [2.24, 2.45) is 47.3 Å². The first kappa shape index (κ1) is 23.1. The minimum Gasteiger partial charge on any atom is -0.274 e. The number of amides is 6. The van der Waals surface area contributed by atoms with Gasteiger partial charge < -0.3 is 0 Å². The number of imide groups is 3. The van der Waals surface area contributed by atoms with Gasteiger partial charge in [0, 0.05) is 0 Å². The van der Waals surface area contributed by atoms with Crippen molar-refractivity contribution in [2.75, 3.05) is 14.7 Å². The van der Waals surface area contributed by atoms with E-state index in [9.17, 15) is 28.8 Å². The highest BCUT2D eigenvalue weighted by molar-refractivity contribution is 6.35. The molecule has 4 fully saturated rings. The summed E-state index contributed by atoms with van der Waals surface area (Å²) in [5.74, 6) is -4.29. The SMILES string of the molecule is O=C1c2ccccc2C(=O)N1c1cc(N2C(=O)C3C4C=CC(C4)C3C2=O)cc(N2C(=O)C3C4C=CC(C4)C3C2=O)c1. The number of benzene rings is 2. The fourth-order valence-corrected chi connectivity index (χ4v) is 8.70. The molecule has 6 amide bonds. The molecule has 2 saturated carbocycles. The third kappa shape index (κ3) is 2.71. The molecular weight excluding hydrogens is 522 g/mol. The third-order valence-corrected chi connectivity index (χ3v) is 10.4. The van der Waals surface area contributed by atoms with Gasteiger partial charge in [-0.05, 0) is 66.8 Å². The lowest BCUT2D eigenvalue weighted by molar-refractivity contribution is -0.124. The van der Waals surface area contributed by atoms with E-state index in [0.29, 0.717) is 0 Å². The number of fused-ring (bicyclic) bond motifs is 11. The third-order valence-electron chi connectivity index (χ3n) is 10.4. The van der Waals surface area contributed by atoms with Gasteiger partial charge >= 0.3 is 0 Å². The van der Waals surface area contributed by atoms with Gasteiger partial charge in [-0.2, -0.15) is 0 Å². The zero-order chi connectivity index (χ0) is 27.9. The maximum atomic E-state index is 13.7. The van der Waals surface area contributed by atoms with Gasteiger partial charge in [0.05, 0.1) is 51.9 Å². The molecule has 3 heterocycles. The molecule has 9 nitrogen and oxygen atoms in total. The lowest BCUT2D eigenvalue weighted by Gasteiger charge is -2.24. The van der Waals surface area contributed by atoms with E-state index in [1.54, 1.807) is 24.3 Å². The van der Waals surface area contributed by atoms with Crippen LogP contribution < -0.4 is 14.7 Å². The van der Waals surface area contributed by atoms with Crippen molar-refractivity contribution in [3.63, 3.8) is 0 Å². The molecule has 41 heavy (non-hydrogen) atoms. The van der Waals surface area contributed by atoms with Gasteiger partial charge in [-0.1, -0.05) is 36.4 Å². The summed E-state index contributed by atoms with van der Waals surface area (Å²) in [6.45, 7) is 0. The van der Waals surface area contributed by atoms with E-state index in [0.717, 1.165) is 27.5 Å². The summed E-state index contributed by atoms with van der Waals surface area (Å²) in [5, 5.41) is 0. The second kappa shape index (κ2) is 7.54. The number of nitrogens with zero attached hydrogens (tertiary/aromatic N) is 3. The molecule has 3 aliphatic heterocycles. The summed E-state index contributed by atoms with van der Waals surface area (Å²) in [6.07, 6.45) is 9.56. The van der Waals surface area contributed by atoms with Crippen LogP contribution in [0, 0.1) is 47.3 Å². The Labute approximate surface area is 234 Å². The fraction of sp³-hybridized carbons (Fsp3) is 0.312. The summed E-state index contributed by atoms with van der Waals surface area (Å²) in [5.41, 5.74) is 0.871. The highest BCUT2D eigenvalue weighted by Gasteiger charge is 2.61. The van der Waals surface area contributed by atoms with E-state index in [1.165, 1.54) is 18.2 Å². The Morgan fingerprint density at radius 1 is 0.463 bits per heavy atom. The first-order chi connectivity index (χ1) is 19.8. The summed E-state index contributed by atoms with van der Waals surface area (Å²) < 4.78 is 0. The molecule has 0 N–H and O–H groups in total. The molecule has 9 heteroatoms. The van der Waals surface area contributed by atoms with E-state index in [2.05, 4.69) is 0 Å². The van der Waals surface area contributed by atoms with E-state index in [-0.39, 0.29) is 75.5 Å². The average Bonchev–Trinajstić information content (AvgIpc) is 3.82. The smallest absolute Gasteiger partial charge is 0.266 e. The molecule has 202 valence electrons. The molecule has 0 aromatic heterocycles. The number of rotatable bonds is 3. The molecule has 4 aliphatic carbocycles. The van der Waals surface area contributed by atoms with Gasteiger partial charge in [0.1, 0.15) is 0 Å². The minimum atomic E-state index is -0.551. The second-order valence-corrected chi connectivity index (χ2v) is 12.2. The van der Waals surface area contributed by atoms with Crippen molar-refractivity contribution >= 4 is 52.5 Å². The minimum absolute atomic E-state index is 0.00516. The number of anilines is 3. The van der Waals surface area contributed by atoms with Gasteiger partial charge in [-0.3, -0.25) is 28.8 Å². The van der Waals surface area contributed by atoms with Crippen LogP contribution in [-0.2, 0) is 19.2 Å². The summed E-state index contributed by atoms with van der Waals surface area (Å²) >= 11 is 0. The molecule has 2 saturated heterocycles. The first-order valence-electron chi connectivity index (χ1n) is 14.1. The zero-order valence-electron chi connectivity index (χ0n) is 21.7. The predicted molar refractivity (Wildman–Crippen MR) is 144 cm³/mol. The van der Waals surface area contributed by atoms with Gasteiger partial charge in [0.2, 0.25) is 23.6 Å². The quantitative estimate of drug-likeness (QED) is 0.433. The molecule has 9 rings (SSSR count). The van der Waals surface area contributed by atoms with Gasteiger partial charge in [-0.25, -0.2) is 14.7 Å².